The molecular weight excluding hydrogens is 286 g/mol. The van der Waals surface area contributed by atoms with E-state index in [0.29, 0.717) is 5.02 Å². The van der Waals surface area contributed by atoms with E-state index < -0.39 is 5.97 Å². The van der Waals surface area contributed by atoms with Crippen molar-refractivity contribution in [1.82, 2.24) is 4.90 Å². The van der Waals surface area contributed by atoms with Gasteiger partial charge in [0.15, 0.2) is 0 Å². The topological polar surface area (TPSA) is 57.6 Å². The Kier molecular flexibility index (Phi) is 4.71. The van der Waals surface area contributed by atoms with Crippen LogP contribution in [0.5, 0.6) is 0 Å². The molecule has 0 radical (unpaired) electrons. The zero-order valence-electron chi connectivity index (χ0n) is 10.2. The summed E-state index contributed by atoms with van der Waals surface area (Å²) in [6.45, 7) is -0.216. The molecule has 1 amide bonds. The predicted octanol–water partition coefficient (Wildman–Crippen LogP) is 2.51. The zero-order valence-corrected chi connectivity index (χ0v) is 11.8. The molecule has 102 valence electrons. The highest BCUT2D eigenvalue weighted by atomic mass is 35.5. The summed E-state index contributed by atoms with van der Waals surface area (Å²) in [6, 6.07) is 7.41. The molecule has 4 nitrogen and oxygen atoms in total. The number of hydrogen-bond donors (Lipinski definition) is 1. The first-order valence-electron chi connectivity index (χ1n) is 5.96. The van der Waals surface area contributed by atoms with E-state index in [4.69, 9.17) is 16.7 Å². The highest BCUT2D eigenvalue weighted by Crippen LogP contribution is 2.30. The molecule has 0 spiro atoms. The van der Waals surface area contributed by atoms with E-state index >= 15 is 0 Å². The number of aliphatic carboxylic acids is 1. The SMILES string of the molecule is O=C(O)CN(C(=O)CSc1ccccc1Cl)C1CC1. The molecule has 0 unspecified atom stereocenters. The number of carbonyl (C=O) groups excluding carboxylic acids is 1. The fourth-order valence-corrected chi connectivity index (χ4v) is 2.86. The van der Waals surface area contributed by atoms with Crippen LogP contribution in [0.3, 0.4) is 0 Å². The Morgan fingerprint density at radius 3 is 2.63 bits per heavy atom. The van der Waals surface area contributed by atoms with Crippen LogP contribution in [0.15, 0.2) is 29.2 Å². The van der Waals surface area contributed by atoms with Crippen molar-refractivity contribution >= 4 is 35.2 Å². The predicted molar refractivity (Wildman–Crippen MR) is 74.5 cm³/mol. The van der Waals surface area contributed by atoms with Gasteiger partial charge in [0.25, 0.3) is 0 Å². The van der Waals surface area contributed by atoms with Gasteiger partial charge in [-0.05, 0) is 25.0 Å². The number of carboxylic acid groups (broad SMARTS) is 1. The molecule has 1 fully saturated rings. The first-order valence-corrected chi connectivity index (χ1v) is 7.33. The van der Waals surface area contributed by atoms with Gasteiger partial charge < -0.3 is 10.0 Å². The lowest BCUT2D eigenvalue weighted by molar-refractivity contribution is -0.143. The highest BCUT2D eigenvalue weighted by molar-refractivity contribution is 8.00. The van der Waals surface area contributed by atoms with Crippen molar-refractivity contribution in [2.45, 2.75) is 23.8 Å². The molecule has 0 saturated heterocycles. The first-order chi connectivity index (χ1) is 9.08. The minimum Gasteiger partial charge on any atom is -0.480 e. The van der Waals surface area contributed by atoms with Gasteiger partial charge in [0.1, 0.15) is 6.54 Å². The van der Waals surface area contributed by atoms with Crippen molar-refractivity contribution in [3.63, 3.8) is 0 Å². The van der Waals surface area contributed by atoms with Crippen molar-refractivity contribution in [2.75, 3.05) is 12.3 Å². The number of nitrogens with zero attached hydrogens (tertiary/aromatic N) is 1. The second-order valence-electron chi connectivity index (χ2n) is 4.37. The van der Waals surface area contributed by atoms with Crippen LogP contribution in [-0.2, 0) is 9.59 Å². The number of thioether (sulfide) groups is 1. The Hall–Kier alpha value is -1.20. The third-order valence-electron chi connectivity index (χ3n) is 2.80. The number of halogens is 1. The Morgan fingerprint density at radius 1 is 1.37 bits per heavy atom. The van der Waals surface area contributed by atoms with Crippen molar-refractivity contribution in [1.29, 1.82) is 0 Å². The largest absolute Gasteiger partial charge is 0.480 e. The van der Waals surface area contributed by atoms with Crippen LogP contribution in [0.1, 0.15) is 12.8 Å². The van der Waals surface area contributed by atoms with Gasteiger partial charge in [-0.25, -0.2) is 0 Å². The molecule has 0 aromatic heterocycles. The third kappa shape index (κ3) is 4.14. The monoisotopic (exact) mass is 299 g/mol. The molecule has 0 heterocycles. The van der Waals surface area contributed by atoms with E-state index in [9.17, 15) is 9.59 Å². The maximum Gasteiger partial charge on any atom is 0.323 e. The summed E-state index contributed by atoms with van der Waals surface area (Å²) in [6.07, 6.45) is 1.80. The molecule has 0 aliphatic heterocycles. The van der Waals surface area contributed by atoms with Crippen LogP contribution in [0.2, 0.25) is 5.02 Å². The number of amides is 1. The van der Waals surface area contributed by atoms with Crippen molar-refractivity contribution in [3.05, 3.63) is 29.3 Å². The molecule has 0 bridgehead atoms. The number of hydrogen-bond acceptors (Lipinski definition) is 3. The molecule has 1 saturated carbocycles. The summed E-state index contributed by atoms with van der Waals surface area (Å²) in [5.74, 6) is -0.897. The zero-order chi connectivity index (χ0) is 13.8. The Labute approximate surface area is 120 Å². The van der Waals surface area contributed by atoms with Gasteiger partial charge in [0.2, 0.25) is 5.91 Å². The van der Waals surface area contributed by atoms with E-state index in [-0.39, 0.29) is 24.2 Å². The summed E-state index contributed by atoms with van der Waals surface area (Å²) >= 11 is 7.35. The second kappa shape index (κ2) is 6.30. The van der Waals surface area contributed by atoms with E-state index in [1.54, 1.807) is 6.07 Å². The minimum atomic E-state index is -0.969. The molecule has 1 aliphatic rings. The van der Waals surface area contributed by atoms with E-state index in [1.165, 1.54) is 16.7 Å². The Morgan fingerprint density at radius 2 is 2.05 bits per heavy atom. The summed E-state index contributed by atoms with van der Waals surface area (Å²) < 4.78 is 0. The molecule has 19 heavy (non-hydrogen) atoms. The van der Waals surface area contributed by atoms with E-state index in [1.807, 2.05) is 18.2 Å². The average molecular weight is 300 g/mol. The highest BCUT2D eigenvalue weighted by Gasteiger charge is 2.33. The molecule has 2 rings (SSSR count). The van der Waals surface area contributed by atoms with Crippen molar-refractivity contribution in [2.24, 2.45) is 0 Å². The van der Waals surface area contributed by atoms with Crippen LogP contribution in [0.4, 0.5) is 0 Å². The lowest BCUT2D eigenvalue weighted by Gasteiger charge is -2.20. The fourth-order valence-electron chi connectivity index (χ4n) is 1.74. The van der Waals surface area contributed by atoms with Crippen LogP contribution in [0.25, 0.3) is 0 Å². The first kappa shape index (κ1) is 14.2. The summed E-state index contributed by atoms with van der Waals surface area (Å²) in [5, 5.41) is 9.42. The van der Waals surface area contributed by atoms with E-state index in [2.05, 4.69) is 0 Å². The smallest absolute Gasteiger partial charge is 0.323 e. The summed E-state index contributed by atoms with van der Waals surface area (Å²) in [7, 11) is 0. The fraction of sp³-hybridized carbons (Fsp3) is 0.385. The molecule has 1 N–H and O–H groups in total. The van der Waals surface area contributed by atoms with Gasteiger partial charge in [-0.15, -0.1) is 11.8 Å². The van der Waals surface area contributed by atoms with Gasteiger partial charge >= 0.3 is 5.97 Å². The molecule has 1 aromatic carbocycles. The standard InChI is InChI=1S/C13H14ClNO3S/c14-10-3-1-2-4-11(10)19-8-12(16)15(7-13(17)18)9-5-6-9/h1-4,9H,5-8H2,(H,17,18). The Balaban J connectivity index is 1.92. The van der Waals surface area contributed by atoms with Crippen LogP contribution in [-0.4, -0.2) is 40.2 Å². The molecule has 0 atom stereocenters. The van der Waals surface area contributed by atoms with Crippen molar-refractivity contribution < 1.29 is 14.7 Å². The molecular formula is C13H14ClNO3S. The van der Waals surface area contributed by atoms with E-state index in [0.717, 1.165) is 17.7 Å². The third-order valence-corrected chi connectivity index (χ3v) is 4.30. The normalized spacial score (nSPS) is 14.2. The number of carboxylic acids is 1. The maximum absolute atomic E-state index is 12.0. The number of benzene rings is 1. The van der Waals surface area contributed by atoms with Crippen molar-refractivity contribution in [3.8, 4) is 0 Å². The quantitative estimate of drug-likeness (QED) is 0.820. The van der Waals surface area contributed by atoms with Gasteiger partial charge in [-0.3, -0.25) is 9.59 Å². The summed E-state index contributed by atoms with van der Waals surface area (Å²) in [5.41, 5.74) is 0. The van der Waals surface area contributed by atoms with Gasteiger partial charge in [-0.1, -0.05) is 23.7 Å². The minimum absolute atomic E-state index is 0.107. The lowest BCUT2D eigenvalue weighted by Crippen LogP contribution is -2.38. The number of carbonyl (C=O) groups is 2. The molecule has 6 heteroatoms. The summed E-state index contributed by atoms with van der Waals surface area (Å²) in [4.78, 5) is 25.1. The second-order valence-corrected chi connectivity index (χ2v) is 5.79. The number of rotatable bonds is 6. The van der Waals surface area contributed by atoms with Crippen LogP contribution in [0, 0.1) is 0 Å². The lowest BCUT2D eigenvalue weighted by atomic mass is 10.4. The van der Waals surface area contributed by atoms with Gasteiger partial charge in [-0.2, -0.15) is 0 Å². The average Bonchev–Trinajstić information content (AvgIpc) is 3.18. The molecule has 1 aromatic rings. The van der Waals surface area contributed by atoms with Gasteiger partial charge in [0.05, 0.1) is 10.8 Å². The van der Waals surface area contributed by atoms with Gasteiger partial charge in [0, 0.05) is 10.9 Å². The van der Waals surface area contributed by atoms with Crippen LogP contribution >= 0.6 is 23.4 Å². The maximum atomic E-state index is 12.0. The van der Waals surface area contributed by atoms with Crippen LogP contribution < -0.4 is 0 Å². The Bertz CT molecular complexity index is 491. The molecule has 1 aliphatic carbocycles.